The highest BCUT2D eigenvalue weighted by Crippen LogP contribution is 2.46. The van der Waals surface area contributed by atoms with Gasteiger partial charge in [-0.3, -0.25) is 10.1 Å². The van der Waals surface area contributed by atoms with Crippen molar-refractivity contribution in [2.75, 3.05) is 26.3 Å². The third-order valence-corrected chi connectivity index (χ3v) is 8.73. The minimum atomic E-state index is -5.07. The second-order valence-electron chi connectivity index (χ2n) is 11.6. The van der Waals surface area contributed by atoms with Crippen LogP contribution in [0.5, 0.6) is 0 Å². The number of hydrogen-bond acceptors (Lipinski definition) is 7. The van der Waals surface area contributed by atoms with Crippen LogP contribution in [0.3, 0.4) is 0 Å². The van der Waals surface area contributed by atoms with Gasteiger partial charge in [0.1, 0.15) is 11.1 Å². The normalized spacial score (nSPS) is 22.5. The minimum absolute atomic E-state index is 0.0269. The fraction of sp³-hybridized carbons (Fsp3) is 0.364. The Morgan fingerprint density at radius 3 is 2.06 bits per heavy atom. The number of carbonyl (C=O) groups excluding carboxylic acids is 3. The maximum atomic E-state index is 13.6. The summed E-state index contributed by atoms with van der Waals surface area (Å²) >= 11 is 0. The topological polar surface area (TPSA) is 108 Å². The Morgan fingerprint density at radius 1 is 0.917 bits per heavy atom. The zero-order valence-corrected chi connectivity index (χ0v) is 25.5. The van der Waals surface area contributed by atoms with Crippen LogP contribution in [0.15, 0.2) is 78.9 Å². The van der Waals surface area contributed by atoms with E-state index in [-0.39, 0.29) is 31.0 Å². The number of rotatable bonds is 9. The van der Waals surface area contributed by atoms with Gasteiger partial charge >= 0.3 is 24.4 Å². The van der Waals surface area contributed by atoms with Crippen LogP contribution in [0.2, 0.25) is 0 Å². The van der Waals surface area contributed by atoms with Crippen LogP contribution in [0.1, 0.15) is 58.5 Å². The molecule has 3 unspecified atom stereocenters. The van der Waals surface area contributed by atoms with Gasteiger partial charge in [0, 0.05) is 6.54 Å². The molecule has 0 aromatic heterocycles. The molecule has 1 spiro atoms. The van der Waals surface area contributed by atoms with E-state index in [2.05, 4.69) is 5.32 Å². The van der Waals surface area contributed by atoms with Crippen LogP contribution in [0, 0.1) is 0 Å². The number of hydroxylamine groups is 2. The molecular weight excluding hydrogens is 648 g/mol. The second kappa shape index (κ2) is 13.2. The van der Waals surface area contributed by atoms with E-state index in [1.54, 1.807) is 48.5 Å². The van der Waals surface area contributed by atoms with Gasteiger partial charge in [0.2, 0.25) is 0 Å². The van der Waals surface area contributed by atoms with Crippen molar-refractivity contribution in [1.82, 2.24) is 15.3 Å². The summed E-state index contributed by atoms with van der Waals surface area (Å²) in [5.41, 5.74) is -5.81. The number of nitrogens with zero attached hydrogens (tertiary/aromatic N) is 2. The number of imide groups is 1. The first-order valence-corrected chi connectivity index (χ1v) is 14.9. The minimum Gasteiger partial charge on any atom is -0.395 e. The van der Waals surface area contributed by atoms with Gasteiger partial charge in [-0.15, -0.1) is 5.06 Å². The lowest BCUT2D eigenvalue weighted by atomic mass is 9.75. The standard InChI is InChI=1S/C33H31F6N3O6/c1-21(23-16-25(32(34,35)36)18-26(17-23)33(37,38)39)47-20-31(24-10-6-3-7-11-24)13-12-30(28(45)40-29(46)41(30)14-15-43)19-42(31)48-27(44)22-8-4-2-5-9-22/h2-11,16-18,21,43H,12-15,19-20H2,1H3,(H,40,45,46). The number of urea groups is 1. The highest BCUT2D eigenvalue weighted by atomic mass is 19.4. The lowest BCUT2D eigenvalue weighted by molar-refractivity contribution is -0.238. The predicted molar refractivity (Wildman–Crippen MR) is 157 cm³/mol. The Labute approximate surface area is 271 Å². The fourth-order valence-corrected chi connectivity index (χ4v) is 6.11. The number of nitrogens with one attached hydrogen (secondary N) is 1. The molecule has 3 aromatic carbocycles. The van der Waals surface area contributed by atoms with E-state index in [4.69, 9.17) is 9.57 Å². The molecule has 3 aromatic rings. The Morgan fingerprint density at radius 2 is 1.50 bits per heavy atom. The SMILES string of the molecule is CC(OCC1(c2ccccc2)CCC2(CN1OC(=O)c1ccccc1)C(=O)NC(=O)N2CCO)c1cc(C(F)(F)F)cc(C(F)(F)F)c1. The smallest absolute Gasteiger partial charge is 0.395 e. The van der Waals surface area contributed by atoms with Crippen LogP contribution in [0.25, 0.3) is 0 Å². The summed E-state index contributed by atoms with van der Waals surface area (Å²) in [5, 5.41) is 13.1. The average molecular weight is 680 g/mol. The number of β-amino-alcohol motifs (C(OH)–C–C–N with tert-alkyl or cyclic N) is 1. The van der Waals surface area contributed by atoms with Gasteiger partial charge in [-0.1, -0.05) is 48.5 Å². The molecule has 9 nitrogen and oxygen atoms in total. The van der Waals surface area contributed by atoms with E-state index in [1.807, 2.05) is 0 Å². The average Bonchev–Trinajstić information content (AvgIpc) is 3.28. The number of hydrogen-bond donors (Lipinski definition) is 2. The molecule has 2 saturated heterocycles. The van der Waals surface area contributed by atoms with Gasteiger partial charge in [0.05, 0.1) is 42.6 Å². The van der Waals surface area contributed by atoms with Gasteiger partial charge in [0.15, 0.2) is 0 Å². The zero-order chi connectivity index (χ0) is 34.9. The quantitative estimate of drug-likeness (QED) is 0.216. The van der Waals surface area contributed by atoms with Crippen molar-refractivity contribution in [2.24, 2.45) is 0 Å². The molecule has 0 saturated carbocycles. The van der Waals surface area contributed by atoms with Crippen molar-refractivity contribution < 1.29 is 55.4 Å². The van der Waals surface area contributed by atoms with Gasteiger partial charge in [-0.05, 0) is 61.2 Å². The van der Waals surface area contributed by atoms with Crippen molar-refractivity contribution in [3.63, 3.8) is 0 Å². The number of amides is 3. The largest absolute Gasteiger partial charge is 0.416 e. The van der Waals surface area contributed by atoms with E-state index >= 15 is 0 Å². The number of carbonyl (C=O) groups is 3. The molecular formula is C33H31F6N3O6. The summed E-state index contributed by atoms with van der Waals surface area (Å²) in [6, 6.07) is 16.7. The number of ether oxygens (including phenoxy) is 1. The predicted octanol–water partition coefficient (Wildman–Crippen LogP) is 5.85. The number of aliphatic hydroxyl groups excluding tert-OH is 1. The molecule has 0 radical (unpaired) electrons. The molecule has 0 aliphatic carbocycles. The van der Waals surface area contributed by atoms with Crippen molar-refractivity contribution in [2.45, 2.75) is 49.3 Å². The number of halogens is 6. The Hall–Kier alpha value is -4.47. The van der Waals surface area contributed by atoms with Crippen LogP contribution in [0.4, 0.5) is 31.1 Å². The third kappa shape index (κ3) is 6.75. The maximum absolute atomic E-state index is 13.6. The zero-order valence-electron chi connectivity index (χ0n) is 25.5. The maximum Gasteiger partial charge on any atom is 0.416 e. The molecule has 48 heavy (non-hydrogen) atoms. The van der Waals surface area contributed by atoms with E-state index in [9.17, 15) is 45.8 Å². The summed E-state index contributed by atoms with van der Waals surface area (Å²) < 4.78 is 87.8. The van der Waals surface area contributed by atoms with Crippen LogP contribution in [-0.4, -0.2) is 64.8 Å². The highest BCUT2D eigenvalue weighted by molar-refractivity contribution is 6.07. The Bertz CT molecular complexity index is 1620. The molecule has 3 atom stereocenters. The van der Waals surface area contributed by atoms with E-state index in [1.165, 1.54) is 24.1 Å². The second-order valence-corrected chi connectivity index (χ2v) is 11.6. The Balaban J connectivity index is 1.57. The number of alkyl halides is 6. The van der Waals surface area contributed by atoms with Gasteiger partial charge in [0.25, 0.3) is 5.91 Å². The van der Waals surface area contributed by atoms with Crippen molar-refractivity contribution in [1.29, 1.82) is 0 Å². The van der Waals surface area contributed by atoms with E-state index in [0.29, 0.717) is 17.7 Å². The monoisotopic (exact) mass is 679 g/mol. The van der Waals surface area contributed by atoms with Crippen LogP contribution >= 0.6 is 0 Å². The van der Waals surface area contributed by atoms with Gasteiger partial charge in [-0.2, -0.15) is 26.3 Å². The molecule has 2 aliphatic heterocycles. The van der Waals surface area contributed by atoms with Gasteiger partial charge in [-0.25, -0.2) is 9.59 Å². The molecule has 15 heteroatoms. The Kier molecular flexibility index (Phi) is 9.59. The number of piperidine rings is 1. The molecule has 5 rings (SSSR count). The summed E-state index contributed by atoms with van der Waals surface area (Å²) in [4.78, 5) is 46.7. The fourth-order valence-electron chi connectivity index (χ4n) is 6.11. The lowest BCUT2D eigenvalue weighted by Crippen LogP contribution is -2.67. The molecule has 2 fully saturated rings. The lowest BCUT2D eigenvalue weighted by Gasteiger charge is -2.52. The van der Waals surface area contributed by atoms with E-state index < -0.39 is 83.9 Å². The van der Waals surface area contributed by atoms with Crippen molar-refractivity contribution >= 4 is 17.9 Å². The van der Waals surface area contributed by atoms with Crippen LogP contribution in [-0.2, 0) is 32.3 Å². The molecule has 256 valence electrons. The summed E-state index contributed by atoms with van der Waals surface area (Å²) in [6.45, 7) is -0.235. The molecule has 2 heterocycles. The molecule has 2 aliphatic rings. The number of benzene rings is 3. The van der Waals surface area contributed by atoms with E-state index in [0.717, 1.165) is 4.90 Å². The molecule has 2 N–H and O–H groups in total. The first kappa shape index (κ1) is 34.9. The van der Waals surface area contributed by atoms with Crippen molar-refractivity contribution in [3.8, 4) is 0 Å². The van der Waals surface area contributed by atoms with Crippen LogP contribution < -0.4 is 5.32 Å². The molecule has 3 amide bonds. The number of aliphatic hydroxyl groups is 1. The highest BCUT2D eigenvalue weighted by Gasteiger charge is 2.61. The summed E-state index contributed by atoms with van der Waals surface area (Å²) in [6.07, 6.45) is -11.5. The van der Waals surface area contributed by atoms with Gasteiger partial charge < -0.3 is 19.6 Å². The van der Waals surface area contributed by atoms with Crippen molar-refractivity contribution in [3.05, 3.63) is 107 Å². The third-order valence-electron chi connectivity index (χ3n) is 8.73. The first-order chi connectivity index (χ1) is 22.6. The summed E-state index contributed by atoms with van der Waals surface area (Å²) in [5.74, 6) is -1.53. The first-order valence-electron chi connectivity index (χ1n) is 14.9. The molecule has 0 bridgehead atoms. The summed E-state index contributed by atoms with van der Waals surface area (Å²) in [7, 11) is 0.